The van der Waals surface area contributed by atoms with Gasteiger partial charge in [-0.1, -0.05) is 39.8 Å². The molecule has 0 saturated carbocycles. The number of nitrogens with one attached hydrogen (secondary N) is 2. The number of benzene rings is 2. The van der Waals surface area contributed by atoms with Crippen molar-refractivity contribution in [3.8, 4) is 23.0 Å². The summed E-state index contributed by atoms with van der Waals surface area (Å²) in [5.74, 6) is 3.67. The monoisotopic (exact) mass is 638 g/mol. The number of piperidine rings is 2. The third kappa shape index (κ3) is 11.4. The maximum Gasteiger partial charge on any atom is 1.00 e. The molecule has 2 aliphatic heterocycles. The summed E-state index contributed by atoms with van der Waals surface area (Å²) in [6.45, 7) is 9.37. The number of carbonyl (C=O) groups excluding carboxylic acids is 1. The largest absolute Gasteiger partial charge is 1.00 e. The van der Waals surface area contributed by atoms with Crippen molar-refractivity contribution in [1.82, 2.24) is 10.6 Å². The Morgan fingerprint density at radius 1 is 0.756 bits per heavy atom. The summed E-state index contributed by atoms with van der Waals surface area (Å²) >= 11 is 0. The number of aliphatic hydroxyl groups excluding tert-OH is 2. The van der Waals surface area contributed by atoms with E-state index in [4.69, 9.17) is 18.9 Å². The van der Waals surface area contributed by atoms with E-state index in [-0.39, 0.29) is 67.7 Å². The van der Waals surface area contributed by atoms with E-state index in [1.807, 2.05) is 36.4 Å². The van der Waals surface area contributed by atoms with Gasteiger partial charge in [-0.15, -0.1) is 0 Å². The first-order valence-corrected chi connectivity index (χ1v) is 15.3. The molecule has 6 unspecified atom stereocenters. The van der Waals surface area contributed by atoms with Gasteiger partial charge in [0.2, 0.25) is 5.91 Å². The quantitative estimate of drug-likeness (QED) is 0.285. The van der Waals surface area contributed by atoms with Gasteiger partial charge < -0.3 is 41.2 Å². The summed E-state index contributed by atoms with van der Waals surface area (Å²) in [6.07, 6.45) is 2.16. The first-order valence-electron chi connectivity index (χ1n) is 15.3. The zero-order valence-corrected chi connectivity index (χ0v) is 28.1. The topological polar surface area (TPSA) is 119 Å². The van der Waals surface area contributed by atoms with Crippen molar-refractivity contribution >= 4 is 23.3 Å². The first-order chi connectivity index (χ1) is 20.5. The zero-order valence-electron chi connectivity index (χ0n) is 29.1. The minimum Gasteiger partial charge on any atom is -1.00 e. The van der Waals surface area contributed by atoms with Gasteiger partial charge >= 0.3 is 18.9 Å². The molecule has 1 amide bonds. The molecule has 45 heavy (non-hydrogen) atoms. The maximum atomic E-state index is 12.3. The van der Waals surface area contributed by atoms with E-state index < -0.39 is 6.10 Å². The minimum absolute atomic E-state index is 0. The van der Waals surface area contributed by atoms with Crippen LogP contribution in [-0.4, -0.2) is 80.7 Å². The van der Waals surface area contributed by atoms with Crippen molar-refractivity contribution in [2.24, 2.45) is 23.7 Å². The van der Waals surface area contributed by atoms with Crippen LogP contribution in [0.4, 0.5) is 0 Å². The molecule has 0 aliphatic carbocycles. The molecule has 2 aliphatic rings. The molecule has 0 aromatic heterocycles. The van der Waals surface area contributed by atoms with Gasteiger partial charge in [-0.05, 0) is 78.8 Å². The summed E-state index contributed by atoms with van der Waals surface area (Å²) in [7, 11) is 6.44. The van der Waals surface area contributed by atoms with E-state index >= 15 is 0 Å². The Hall–Kier alpha value is -1.88. The van der Waals surface area contributed by atoms with Gasteiger partial charge in [0.05, 0.1) is 52.6 Å². The van der Waals surface area contributed by atoms with Crippen molar-refractivity contribution in [2.45, 2.75) is 77.7 Å². The number of rotatable bonds is 10. The van der Waals surface area contributed by atoms with Gasteiger partial charge in [0.1, 0.15) is 0 Å². The fourth-order valence-corrected chi connectivity index (χ4v) is 6.10. The predicted octanol–water partition coefficient (Wildman–Crippen LogP) is 0.982. The molecule has 2 fully saturated rings. The molecule has 6 atom stereocenters. The van der Waals surface area contributed by atoms with Crippen molar-refractivity contribution in [1.29, 1.82) is 0 Å². The molecule has 2 saturated heterocycles. The third-order valence-electron chi connectivity index (χ3n) is 8.36. The number of methoxy groups -OCH3 is 4. The Kier molecular flexibility index (Phi) is 18.0. The normalized spacial score (nSPS) is 24.3. The fourth-order valence-electron chi connectivity index (χ4n) is 6.10. The first kappa shape index (κ1) is 41.1. The van der Waals surface area contributed by atoms with E-state index in [9.17, 15) is 15.0 Å². The van der Waals surface area contributed by atoms with Crippen LogP contribution in [0, 0.1) is 23.7 Å². The number of aliphatic hydroxyl groups is 2. The van der Waals surface area contributed by atoms with E-state index in [1.165, 1.54) is 0 Å². The molecule has 4 N–H and O–H groups in total. The molecular weight excluding hydrogens is 582 g/mol. The predicted molar refractivity (Wildman–Crippen MR) is 179 cm³/mol. The minimum atomic E-state index is -0.616. The zero-order chi connectivity index (χ0) is 31.7. The van der Waals surface area contributed by atoms with Crippen LogP contribution in [0.15, 0.2) is 36.4 Å². The molecule has 0 radical (unpaired) electrons. The molecule has 2 aromatic rings. The van der Waals surface area contributed by atoms with Crippen LogP contribution in [0.2, 0.25) is 0 Å². The van der Waals surface area contributed by atoms with Gasteiger partial charge in [0, 0.05) is 12.6 Å². The number of hydrogen-bond acceptors (Lipinski definition) is 8. The average Bonchev–Trinajstić information content (AvgIpc) is 2.99. The van der Waals surface area contributed by atoms with Crippen LogP contribution in [-0.2, 0) is 4.79 Å². The number of hydrogen-bond donors (Lipinski definition) is 4. The van der Waals surface area contributed by atoms with Crippen LogP contribution in [0.1, 0.15) is 78.0 Å². The smallest absolute Gasteiger partial charge is 1.00 e. The van der Waals surface area contributed by atoms with E-state index in [0.717, 1.165) is 42.0 Å². The van der Waals surface area contributed by atoms with Gasteiger partial charge in [-0.2, -0.15) is 0 Å². The fraction of sp³-hybridized carbons (Fsp3) is 0.618. The summed E-state index contributed by atoms with van der Waals surface area (Å²) < 4.78 is 21.1. The van der Waals surface area contributed by atoms with Crippen molar-refractivity contribution < 1.29 is 54.2 Å². The average molecular weight is 639 g/mol. The SMILES string of the molecule is COc1ccc(C2CC(O)C(CC(C)C)C(=O)N2)cc1OC.COc1ccc(C2CC(O)C(CC(C)C)CN2)cc1OC.[AlH3].[H-].[Li+]. The van der Waals surface area contributed by atoms with E-state index in [2.05, 4.69) is 38.3 Å². The Balaban J connectivity index is 0.000000827. The molecule has 0 spiro atoms. The van der Waals surface area contributed by atoms with Crippen LogP contribution in [0.25, 0.3) is 0 Å². The van der Waals surface area contributed by atoms with Gasteiger partial charge in [0.25, 0.3) is 0 Å². The van der Waals surface area contributed by atoms with Crippen molar-refractivity contribution in [3.63, 3.8) is 0 Å². The van der Waals surface area contributed by atoms with Gasteiger partial charge in [0.15, 0.2) is 40.4 Å². The molecule has 9 nitrogen and oxygen atoms in total. The Morgan fingerprint density at radius 3 is 1.64 bits per heavy atom. The van der Waals surface area contributed by atoms with Gasteiger partial charge in [-0.25, -0.2) is 0 Å². The van der Waals surface area contributed by atoms with Crippen LogP contribution >= 0.6 is 0 Å². The van der Waals surface area contributed by atoms with E-state index in [0.29, 0.717) is 42.1 Å². The Morgan fingerprint density at radius 2 is 1.22 bits per heavy atom. The molecule has 11 heteroatoms. The molecule has 2 heterocycles. The standard InChI is InChI=1S/C17H25NO4.C17H27NO3.Al.Li.4H/c1-10(2)7-12-14(19)9-13(18-17(12)20)11-5-6-15(21-3)16(8-11)22-4;1-11(2)7-13-10-18-14(9-15(13)19)12-5-6-16(20-3)17(8-12)21-4;;;;;;/h5-6,8,10,12-14,19H,7,9H2,1-4H3,(H,18,20);5-6,8,11,13-15,18-19H,7,9-10H2,1-4H3;;;;;;/q;;;+1;;;;-1. The molecule has 0 bridgehead atoms. The Labute approximate surface area is 293 Å². The Bertz CT molecular complexity index is 1190. The molecular formula is C34H56AlLiN2O7. The summed E-state index contributed by atoms with van der Waals surface area (Å²) in [6, 6.07) is 11.5. The summed E-state index contributed by atoms with van der Waals surface area (Å²) in [4.78, 5) is 12.3. The number of ether oxygens (including phenoxy) is 4. The van der Waals surface area contributed by atoms with Crippen LogP contribution in [0.3, 0.4) is 0 Å². The van der Waals surface area contributed by atoms with Crippen LogP contribution < -0.4 is 48.4 Å². The second-order valence-electron chi connectivity index (χ2n) is 12.5. The second-order valence-corrected chi connectivity index (χ2v) is 12.5. The van der Waals surface area contributed by atoms with Crippen molar-refractivity contribution in [2.75, 3.05) is 35.0 Å². The van der Waals surface area contributed by atoms with Gasteiger partial charge in [-0.3, -0.25) is 4.79 Å². The number of amides is 1. The molecule has 2 aromatic carbocycles. The van der Waals surface area contributed by atoms with Crippen molar-refractivity contribution in [3.05, 3.63) is 47.5 Å². The molecule has 4 rings (SSSR count). The second kappa shape index (κ2) is 19.7. The number of carbonyl (C=O) groups is 1. The molecule has 248 valence electrons. The summed E-state index contributed by atoms with van der Waals surface area (Å²) in [5.41, 5.74) is 2.04. The summed E-state index contributed by atoms with van der Waals surface area (Å²) in [5, 5.41) is 27.3. The third-order valence-corrected chi connectivity index (χ3v) is 8.36. The maximum absolute atomic E-state index is 12.3. The van der Waals surface area contributed by atoms with E-state index in [1.54, 1.807) is 28.4 Å². The van der Waals surface area contributed by atoms with Crippen LogP contribution in [0.5, 0.6) is 23.0 Å².